The molecule has 0 bridgehead atoms. The van der Waals surface area contributed by atoms with Crippen molar-refractivity contribution in [3.8, 4) is 11.1 Å². The Morgan fingerprint density at radius 1 is 0.900 bits per heavy atom. The third-order valence-corrected chi connectivity index (χ3v) is 3.17. The van der Waals surface area contributed by atoms with E-state index in [1.165, 1.54) is 18.2 Å². The van der Waals surface area contributed by atoms with Crippen molar-refractivity contribution in [2.24, 2.45) is 0 Å². The van der Waals surface area contributed by atoms with Crippen LogP contribution >= 0.6 is 0 Å². The topological polar surface area (TPSA) is 0 Å². The standard InChI is InChI=1S/C16H14F4/c1-10(2)13-4-3-5-14(17)15(13)11-6-8-12(9-7-11)16(18,19)20/h3-10H,1-2H3. The summed E-state index contributed by atoms with van der Waals surface area (Å²) in [6.07, 6.45) is -4.38. The Kier molecular flexibility index (Phi) is 3.84. The molecule has 20 heavy (non-hydrogen) atoms. The summed E-state index contributed by atoms with van der Waals surface area (Å²) < 4.78 is 51.6. The molecule has 0 radical (unpaired) electrons. The third-order valence-electron chi connectivity index (χ3n) is 3.17. The second-order valence-electron chi connectivity index (χ2n) is 4.93. The molecule has 106 valence electrons. The largest absolute Gasteiger partial charge is 0.416 e. The SMILES string of the molecule is CC(C)c1cccc(F)c1-c1ccc(C(F)(F)F)cc1. The van der Waals surface area contributed by atoms with E-state index in [4.69, 9.17) is 0 Å². The monoisotopic (exact) mass is 282 g/mol. The zero-order valence-corrected chi connectivity index (χ0v) is 11.1. The predicted octanol–water partition coefficient (Wildman–Crippen LogP) is 5.63. The van der Waals surface area contributed by atoms with Gasteiger partial charge in [0.1, 0.15) is 5.82 Å². The van der Waals surface area contributed by atoms with E-state index in [2.05, 4.69) is 0 Å². The van der Waals surface area contributed by atoms with E-state index in [0.29, 0.717) is 11.1 Å². The third kappa shape index (κ3) is 2.84. The lowest BCUT2D eigenvalue weighted by molar-refractivity contribution is -0.137. The minimum Gasteiger partial charge on any atom is -0.206 e. The Bertz CT molecular complexity index is 595. The molecule has 0 N–H and O–H groups in total. The highest BCUT2D eigenvalue weighted by Crippen LogP contribution is 2.34. The first-order chi connectivity index (χ1) is 9.30. The maximum Gasteiger partial charge on any atom is 0.416 e. The Balaban J connectivity index is 2.52. The Hall–Kier alpha value is -1.84. The molecule has 0 aliphatic heterocycles. The smallest absolute Gasteiger partial charge is 0.206 e. The summed E-state index contributed by atoms with van der Waals surface area (Å²) in [7, 11) is 0. The average Bonchev–Trinajstić information content (AvgIpc) is 2.37. The Morgan fingerprint density at radius 2 is 1.50 bits per heavy atom. The van der Waals surface area contributed by atoms with Gasteiger partial charge in [-0.15, -0.1) is 0 Å². The van der Waals surface area contributed by atoms with Crippen molar-refractivity contribution < 1.29 is 17.6 Å². The highest BCUT2D eigenvalue weighted by molar-refractivity contribution is 5.69. The highest BCUT2D eigenvalue weighted by atomic mass is 19.4. The molecule has 0 saturated heterocycles. The Morgan fingerprint density at radius 3 is 2.00 bits per heavy atom. The fourth-order valence-corrected chi connectivity index (χ4v) is 2.15. The first-order valence-electron chi connectivity index (χ1n) is 6.26. The van der Waals surface area contributed by atoms with Gasteiger partial charge in [-0.2, -0.15) is 13.2 Å². The number of rotatable bonds is 2. The van der Waals surface area contributed by atoms with Gasteiger partial charge in [0.2, 0.25) is 0 Å². The van der Waals surface area contributed by atoms with Crippen LogP contribution in [-0.2, 0) is 6.18 Å². The predicted molar refractivity (Wildman–Crippen MR) is 70.9 cm³/mol. The second kappa shape index (κ2) is 5.27. The first kappa shape index (κ1) is 14.6. The lowest BCUT2D eigenvalue weighted by atomic mass is 9.92. The van der Waals surface area contributed by atoms with Gasteiger partial charge in [0.25, 0.3) is 0 Å². The van der Waals surface area contributed by atoms with Crippen LogP contribution in [0.2, 0.25) is 0 Å². The zero-order valence-electron chi connectivity index (χ0n) is 11.1. The van der Waals surface area contributed by atoms with Crippen LogP contribution in [0.3, 0.4) is 0 Å². The van der Waals surface area contributed by atoms with Crippen LogP contribution in [0.25, 0.3) is 11.1 Å². The van der Waals surface area contributed by atoms with Gasteiger partial charge < -0.3 is 0 Å². The van der Waals surface area contributed by atoms with Crippen molar-refractivity contribution in [3.05, 3.63) is 59.4 Å². The van der Waals surface area contributed by atoms with E-state index in [9.17, 15) is 17.6 Å². The summed E-state index contributed by atoms with van der Waals surface area (Å²) in [4.78, 5) is 0. The molecule has 2 rings (SSSR count). The number of benzene rings is 2. The van der Waals surface area contributed by atoms with Gasteiger partial charge in [0.15, 0.2) is 0 Å². The summed E-state index contributed by atoms with van der Waals surface area (Å²) in [5, 5.41) is 0. The van der Waals surface area contributed by atoms with Crippen LogP contribution in [0.4, 0.5) is 17.6 Å². The van der Waals surface area contributed by atoms with E-state index < -0.39 is 17.6 Å². The van der Waals surface area contributed by atoms with Crippen molar-refractivity contribution in [1.29, 1.82) is 0 Å². The lowest BCUT2D eigenvalue weighted by Gasteiger charge is -2.14. The zero-order chi connectivity index (χ0) is 14.9. The van der Waals surface area contributed by atoms with Crippen molar-refractivity contribution >= 4 is 0 Å². The molecule has 0 atom stereocenters. The normalized spacial score (nSPS) is 11.9. The number of hydrogen-bond donors (Lipinski definition) is 0. The molecule has 2 aromatic rings. The summed E-state index contributed by atoms with van der Waals surface area (Å²) in [5.41, 5.74) is 0.879. The first-order valence-corrected chi connectivity index (χ1v) is 6.26. The fraction of sp³-hybridized carbons (Fsp3) is 0.250. The molecular formula is C16H14F4. The maximum absolute atomic E-state index is 14.0. The molecule has 0 aromatic heterocycles. The molecule has 0 fully saturated rings. The molecular weight excluding hydrogens is 268 g/mol. The molecule has 0 aliphatic carbocycles. The Labute approximate surface area is 115 Å². The summed E-state index contributed by atoms with van der Waals surface area (Å²) in [6.45, 7) is 3.84. The van der Waals surface area contributed by atoms with Gasteiger partial charge in [-0.3, -0.25) is 0 Å². The minimum atomic E-state index is -4.38. The fourth-order valence-electron chi connectivity index (χ4n) is 2.15. The van der Waals surface area contributed by atoms with Gasteiger partial charge >= 0.3 is 6.18 Å². The quantitative estimate of drug-likeness (QED) is 0.626. The highest BCUT2D eigenvalue weighted by Gasteiger charge is 2.30. The molecule has 4 heteroatoms. The lowest BCUT2D eigenvalue weighted by Crippen LogP contribution is -2.04. The van der Waals surface area contributed by atoms with Crippen molar-refractivity contribution in [2.45, 2.75) is 25.9 Å². The number of hydrogen-bond acceptors (Lipinski definition) is 0. The summed E-state index contributed by atoms with van der Waals surface area (Å²) in [5.74, 6) is -0.334. The second-order valence-corrected chi connectivity index (χ2v) is 4.93. The minimum absolute atomic E-state index is 0.0861. The molecule has 2 aromatic carbocycles. The van der Waals surface area contributed by atoms with Crippen LogP contribution in [-0.4, -0.2) is 0 Å². The molecule has 0 nitrogen and oxygen atoms in total. The molecule has 0 spiro atoms. The average molecular weight is 282 g/mol. The van der Waals surface area contributed by atoms with Crippen molar-refractivity contribution in [3.63, 3.8) is 0 Å². The van der Waals surface area contributed by atoms with Crippen LogP contribution in [0.5, 0.6) is 0 Å². The van der Waals surface area contributed by atoms with E-state index in [0.717, 1.165) is 17.7 Å². The van der Waals surface area contributed by atoms with E-state index in [1.54, 1.807) is 12.1 Å². The molecule has 0 unspecified atom stereocenters. The summed E-state index contributed by atoms with van der Waals surface area (Å²) >= 11 is 0. The van der Waals surface area contributed by atoms with E-state index >= 15 is 0 Å². The van der Waals surface area contributed by atoms with E-state index in [-0.39, 0.29) is 5.92 Å². The van der Waals surface area contributed by atoms with Gasteiger partial charge in [0, 0.05) is 5.56 Å². The van der Waals surface area contributed by atoms with Crippen LogP contribution in [0.15, 0.2) is 42.5 Å². The van der Waals surface area contributed by atoms with Crippen LogP contribution in [0.1, 0.15) is 30.9 Å². The van der Waals surface area contributed by atoms with Gasteiger partial charge in [-0.05, 0) is 35.2 Å². The molecule has 0 heterocycles. The number of halogens is 4. The molecule has 0 amide bonds. The van der Waals surface area contributed by atoms with Gasteiger partial charge in [-0.1, -0.05) is 38.1 Å². The number of alkyl halides is 3. The maximum atomic E-state index is 14.0. The van der Waals surface area contributed by atoms with Crippen LogP contribution in [0, 0.1) is 5.82 Å². The summed E-state index contributed by atoms with van der Waals surface area (Å²) in [6, 6.07) is 9.30. The van der Waals surface area contributed by atoms with Crippen molar-refractivity contribution in [2.75, 3.05) is 0 Å². The molecule has 0 saturated carbocycles. The van der Waals surface area contributed by atoms with Crippen LogP contribution < -0.4 is 0 Å². The molecule has 0 aliphatic rings. The van der Waals surface area contributed by atoms with Gasteiger partial charge in [0.05, 0.1) is 5.56 Å². The van der Waals surface area contributed by atoms with Crippen molar-refractivity contribution in [1.82, 2.24) is 0 Å². The van der Waals surface area contributed by atoms with E-state index in [1.807, 2.05) is 13.8 Å². The van der Waals surface area contributed by atoms with Gasteiger partial charge in [-0.25, -0.2) is 4.39 Å².